The average Bonchev–Trinajstić information content (AvgIpc) is 1.30. The molecule has 87 heavy (non-hydrogen) atoms. The average molecular weight is 1220 g/mol. The minimum absolute atomic E-state index is 0.116. The highest BCUT2D eigenvalue weighted by Gasteiger charge is 2.47. The van der Waals surface area contributed by atoms with Gasteiger partial charge in [0.2, 0.25) is 5.91 Å². The highest BCUT2D eigenvalue weighted by Crippen LogP contribution is 2.26. The van der Waals surface area contributed by atoms with Crippen molar-refractivity contribution in [3.8, 4) is 0 Å². The van der Waals surface area contributed by atoms with E-state index < -0.39 is 67.4 Å². The zero-order valence-electron chi connectivity index (χ0n) is 55.6. The van der Waals surface area contributed by atoms with Gasteiger partial charge in [0.1, 0.15) is 24.4 Å². The largest absolute Gasteiger partial charge is 0.454 e. The van der Waals surface area contributed by atoms with Gasteiger partial charge in [-0.2, -0.15) is 0 Å². The van der Waals surface area contributed by atoms with Crippen LogP contribution in [0.15, 0.2) is 109 Å². The fourth-order valence-electron chi connectivity index (χ4n) is 10.6. The summed E-state index contributed by atoms with van der Waals surface area (Å²) < 4.78 is 17.7. The summed E-state index contributed by atoms with van der Waals surface area (Å²) in [6, 6.07) is -1.04. The van der Waals surface area contributed by atoms with Crippen molar-refractivity contribution < 1.29 is 49.3 Å². The Morgan fingerprint density at radius 3 is 1.26 bits per heavy atom. The Morgan fingerprint density at radius 2 is 0.828 bits per heavy atom. The molecule has 0 bridgehead atoms. The first kappa shape index (κ1) is 81.3. The number of hydrogen-bond donors (Lipinski definition) is 6. The molecule has 0 spiro atoms. The van der Waals surface area contributed by atoms with Crippen LogP contribution in [0.3, 0.4) is 0 Å². The lowest BCUT2D eigenvalue weighted by Crippen LogP contribution is -2.61. The predicted molar refractivity (Wildman–Crippen MR) is 365 cm³/mol. The minimum Gasteiger partial charge on any atom is -0.454 e. The molecule has 0 saturated carbocycles. The Kier molecular flexibility index (Phi) is 58.4. The second kappa shape index (κ2) is 62.5. The number of unbranched alkanes of at least 4 members (excludes halogenated alkanes) is 30. The van der Waals surface area contributed by atoms with Crippen LogP contribution < -0.4 is 5.32 Å². The number of nitrogens with one attached hydrogen (secondary N) is 1. The number of carbonyl (C=O) groups excluding carboxylic acids is 2. The fourth-order valence-corrected chi connectivity index (χ4v) is 10.6. The van der Waals surface area contributed by atoms with Crippen LogP contribution in [0.1, 0.15) is 297 Å². The third-order valence-electron chi connectivity index (χ3n) is 16.2. The van der Waals surface area contributed by atoms with Gasteiger partial charge in [-0.15, -0.1) is 0 Å². The van der Waals surface area contributed by atoms with Gasteiger partial charge in [0.05, 0.1) is 25.4 Å². The summed E-state index contributed by atoms with van der Waals surface area (Å²) in [6.45, 7) is 5.66. The van der Waals surface area contributed by atoms with Crippen molar-refractivity contribution in [2.75, 3.05) is 13.2 Å². The van der Waals surface area contributed by atoms with Crippen molar-refractivity contribution in [2.24, 2.45) is 0 Å². The summed E-state index contributed by atoms with van der Waals surface area (Å²) in [6.07, 6.45) is 75.5. The maximum absolute atomic E-state index is 13.5. The van der Waals surface area contributed by atoms with Crippen molar-refractivity contribution >= 4 is 11.9 Å². The van der Waals surface area contributed by atoms with Crippen molar-refractivity contribution in [3.05, 3.63) is 109 Å². The lowest BCUT2D eigenvalue weighted by Gasteiger charge is -2.41. The van der Waals surface area contributed by atoms with E-state index in [1.807, 2.05) is 6.08 Å². The molecule has 1 heterocycles. The van der Waals surface area contributed by atoms with Gasteiger partial charge in [0, 0.05) is 6.42 Å². The second-order valence-electron chi connectivity index (χ2n) is 24.2. The molecule has 1 aliphatic heterocycles. The van der Waals surface area contributed by atoms with Crippen LogP contribution in [0.4, 0.5) is 0 Å². The Hall–Kier alpha value is -3.68. The Bertz CT molecular complexity index is 1830. The van der Waals surface area contributed by atoms with Gasteiger partial charge in [-0.25, -0.2) is 0 Å². The standard InChI is InChI=1S/C76H131NO10/c1-4-7-10-13-16-19-22-24-26-28-30-32-33-34-35-36-38-39-41-43-45-48-51-54-57-60-63-69(80)75(84)77-67(68(79)62-59-56-53-50-47-21-18-15-12-9-6-3)66-85-76-74(73(83)72(82)70(65-78)86-76)87-71(81)64-61-58-55-52-49-46-44-42-40-37-31-29-27-25-23-20-17-14-11-8-5-2/h7,10,16-17,19-20,24-27,30,32,34-35,38-39,59,62,67-70,72-74,76,78-80,82-83H,4-6,8-9,11-15,18,21-23,28-29,31,33,36-37,40-58,60-61,63-66H2,1-3H3,(H,77,84)/b10-7-,19-16-,20-17-,26-24-,27-25-,32-30-,35-34-,39-38-,62-59+. The van der Waals surface area contributed by atoms with Crippen LogP contribution in [0.2, 0.25) is 0 Å². The van der Waals surface area contributed by atoms with E-state index in [0.717, 1.165) is 122 Å². The van der Waals surface area contributed by atoms with Crippen molar-refractivity contribution in [1.82, 2.24) is 5.32 Å². The highest BCUT2D eigenvalue weighted by atomic mass is 16.7. The van der Waals surface area contributed by atoms with Crippen molar-refractivity contribution in [3.63, 3.8) is 0 Å². The first-order chi connectivity index (χ1) is 42.7. The third-order valence-corrected chi connectivity index (χ3v) is 16.2. The zero-order chi connectivity index (χ0) is 63.1. The van der Waals surface area contributed by atoms with E-state index in [1.54, 1.807) is 6.08 Å². The molecule has 0 aromatic heterocycles. The molecule has 1 fully saturated rings. The molecule has 8 atom stereocenters. The maximum atomic E-state index is 13.5. The van der Waals surface area contributed by atoms with Gasteiger partial charge >= 0.3 is 5.97 Å². The molecule has 500 valence electrons. The summed E-state index contributed by atoms with van der Waals surface area (Å²) in [5.74, 6) is -1.21. The summed E-state index contributed by atoms with van der Waals surface area (Å²) in [5, 5.41) is 57.2. The zero-order valence-corrected chi connectivity index (χ0v) is 55.6. The van der Waals surface area contributed by atoms with Gasteiger partial charge in [-0.3, -0.25) is 9.59 Å². The van der Waals surface area contributed by atoms with Crippen LogP contribution in [0, 0.1) is 0 Å². The van der Waals surface area contributed by atoms with E-state index in [9.17, 15) is 35.1 Å². The van der Waals surface area contributed by atoms with Gasteiger partial charge in [0.25, 0.3) is 0 Å². The summed E-state index contributed by atoms with van der Waals surface area (Å²) in [7, 11) is 0. The molecule has 11 heteroatoms. The quantitative estimate of drug-likeness (QED) is 0.0195. The van der Waals surface area contributed by atoms with Crippen LogP contribution >= 0.6 is 0 Å². The second-order valence-corrected chi connectivity index (χ2v) is 24.2. The third kappa shape index (κ3) is 49.7. The van der Waals surface area contributed by atoms with E-state index in [-0.39, 0.29) is 19.4 Å². The van der Waals surface area contributed by atoms with E-state index in [1.165, 1.54) is 128 Å². The van der Waals surface area contributed by atoms with E-state index in [0.29, 0.717) is 12.8 Å². The molecule has 0 radical (unpaired) electrons. The molecule has 6 N–H and O–H groups in total. The van der Waals surface area contributed by atoms with Gasteiger partial charge in [-0.05, 0) is 109 Å². The highest BCUT2D eigenvalue weighted by molar-refractivity contribution is 5.80. The lowest BCUT2D eigenvalue weighted by molar-refractivity contribution is -0.305. The van der Waals surface area contributed by atoms with Gasteiger partial charge < -0.3 is 45.1 Å². The number of amides is 1. The van der Waals surface area contributed by atoms with Crippen LogP contribution in [-0.2, 0) is 23.8 Å². The van der Waals surface area contributed by atoms with Gasteiger partial charge in [-0.1, -0.05) is 291 Å². The number of hydrogen-bond acceptors (Lipinski definition) is 10. The number of carbonyl (C=O) groups is 2. The molecule has 0 aromatic carbocycles. The fraction of sp³-hybridized carbons (Fsp3) is 0.737. The monoisotopic (exact) mass is 1220 g/mol. The number of rotatable bonds is 60. The molecule has 1 aliphatic rings. The summed E-state index contributed by atoms with van der Waals surface area (Å²) in [4.78, 5) is 26.7. The normalized spacial score (nSPS) is 18.9. The van der Waals surface area contributed by atoms with Gasteiger partial charge in [0.15, 0.2) is 12.4 Å². The number of ether oxygens (including phenoxy) is 3. The molecular formula is C76H131NO10. The number of allylic oxidation sites excluding steroid dienone is 17. The minimum atomic E-state index is -1.62. The van der Waals surface area contributed by atoms with Crippen LogP contribution in [-0.4, -0.2) is 99.6 Å². The summed E-state index contributed by atoms with van der Waals surface area (Å²) in [5.41, 5.74) is 0. The number of esters is 1. The van der Waals surface area contributed by atoms with E-state index in [2.05, 4.69) is 123 Å². The van der Waals surface area contributed by atoms with Crippen LogP contribution in [0.5, 0.6) is 0 Å². The summed E-state index contributed by atoms with van der Waals surface area (Å²) >= 11 is 0. The number of aliphatic hydroxyl groups excluding tert-OH is 5. The Morgan fingerprint density at radius 1 is 0.460 bits per heavy atom. The first-order valence-corrected chi connectivity index (χ1v) is 35.7. The lowest BCUT2D eigenvalue weighted by atomic mass is 9.99. The molecule has 1 saturated heterocycles. The van der Waals surface area contributed by atoms with E-state index in [4.69, 9.17) is 14.2 Å². The molecule has 8 unspecified atom stereocenters. The molecule has 0 aromatic rings. The molecule has 0 aliphatic carbocycles. The SMILES string of the molecule is CC/C=C\C/C=C\C/C=C\C/C=C\C/C=C\C/C=C\CCCCCCCCCC(O)C(=O)NC(COC1OC(CO)C(O)C(O)C1OC(=O)CCCCCCCCCCCCC/C=C\C/C=C\CCCCC)C(O)/C=C/CCCCCCCCCCC. The maximum Gasteiger partial charge on any atom is 0.306 e. The first-order valence-electron chi connectivity index (χ1n) is 35.7. The van der Waals surface area contributed by atoms with Crippen molar-refractivity contribution in [2.45, 2.75) is 346 Å². The smallest absolute Gasteiger partial charge is 0.306 e. The molecule has 1 amide bonds. The Balaban J connectivity index is 2.57. The Labute approximate surface area is 532 Å². The number of aliphatic hydroxyl groups is 5. The topological polar surface area (TPSA) is 175 Å². The molecule has 1 rings (SSSR count). The molecular weight excluding hydrogens is 1090 g/mol. The van der Waals surface area contributed by atoms with Crippen LogP contribution in [0.25, 0.3) is 0 Å². The van der Waals surface area contributed by atoms with Crippen molar-refractivity contribution in [1.29, 1.82) is 0 Å². The van der Waals surface area contributed by atoms with E-state index >= 15 is 0 Å². The predicted octanol–water partition coefficient (Wildman–Crippen LogP) is 18.4. The molecule has 11 nitrogen and oxygen atoms in total.